The second-order valence-electron chi connectivity index (χ2n) is 4.00. The molecule has 1 aliphatic rings. The van der Waals surface area contributed by atoms with Crippen molar-refractivity contribution in [3.63, 3.8) is 0 Å². The molecule has 15 heavy (non-hydrogen) atoms. The van der Waals surface area contributed by atoms with Gasteiger partial charge in [-0.25, -0.2) is 4.98 Å². The lowest BCUT2D eigenvalue weighted by Gasteiger charge is -2.20. The van der Waals surface area contributed by atoms with E-state index in [0.717, 1.165) is 30.2 Å². The number of rotatable bonds is 2. The van der Waals surface area contributed by atoms with Gasteiger partial charge in [0.25, 0.3) is 0 Å². The second-order valence-corrected chi connectivity index (χ2v) is 4.65. The number of hydrogen-bond acceptors (Lipinski definition) is 3. The van der Waals surface area contributed by atoms with Gasteiger partial charge in [0.15, 0.2) is 0 Å². The second kappa shape index (κ2) is 5.45. The number of anilines is 1. The van der Waals surface area contributed by atoms with E-state index >= 15 is 0 Å². The van der Waals surface area contributed by atoms with E-state index in [4.69, 9.17) is 0 Å². The Labute approximate surface area is 99.0 Å². The zero-order chi connectivity index (χ0) is 10.5. The van der Waals surface area contributed by atoms with E-state index < -0.39 is 0 Å². The molecule has 0 saturated carbocycles. The molecule has 0 aromatic carbocycles. The summed E-state index contributed by atoms with van der Waals surface area (Å²) < 4.78 is 0. The minimum Gasteiger partial charge on any atom is -0.355 e. The first-order chi connectivity index (χ1) is 7.40. The van der Waals surface area contributed by atoms with Crippen LogP contribution in [0.5, 0.6) is 0 Å². The predicted octanol–water partition coefficient (Wildman–Crippen LogP) is 2.48. The van der Waals surface area contributed by atoms with Crippen LogP contribution in [0, 0.1) is 5.92 Å². The van der Waals surface area contributed by atoms with Crippen molar-refractivity contribution in [2.24, 2.45) is 5.92 Å². The lowest BCUT2D eigenvalue weighted by Crippen LogP contribution is -2.25. The molecule has 0 bridgehead atoms. The average Bonchev–Trinajstić information content (AvgIpc) is 2.55. The molecule has 1 aromatic heterocycles. The Morgan fingerprint density at radius 3 is 3.00 bits per heavy atom. The molecular weight excluding hydrogens is 254 g/mol. The minimum absolute atomic E-state index is 0.826. The third-order valence-corrected chi connectivity index (χ3v) is 3.86. The summed E-state index contributed by atoms with van der Waals surface area (Å²) in [6.07, 6.45) is 9.18. The molecule has 1 fully saturated rings. The van der Waals surface area contributed by atoms with Crippen molar-refractivity contribution in [2.75, 3.05) is 23.3 Å². The highest BCUT2D eigenvalue weighted by molar-refractivity contribution is 9.09. The first kappa shape index (κ1) is 10.9. The van der Waals surface area contributed by atoms with Crippen LogP contribution in [0.25, 0.3) is 0 Å². The lowest BCUT2D eigenvalue weighted by atomic mass is 10.0. The fourth-order valence-electron chi connectivity index (χ4n) is 2.00. The first-order valence-electron chi connectivity index (χ1n) is 5.47. The van der Waals surface area contributed by atoms with Gasteiger partial charge in [-0.2, -0.15) is 0 Å². The molecule has 2 heterocycles. The van der Waals surface area contributed by atoms with Gasteiger partial charge < -0.3 is 4.90 Å². The van der Waals surface area contributed by atoms with Crippen molar-refractivity contribution in [2.45, 2.75) is 19.3 Å². The van der Waals surface area contributed by atoms with E-state index in [1.54, 1.807) is 12.4 Å². The van der Waals surface area contributed by atoms with Gasteiger partial charge in [0.05, 0.1) is 6.20 Å². The van der Waals surface area contributed by atoms with Gasteiger partial charge >= 0.3 is 0 Å². The smallest absolute Gasteiger partial charge is 0.147 e. The van der Waals surface area contributed by atoms with E-state index in [2.05, 4.69) is 30.8 Å². The summed E-state index contributed by atoms with van der Waals surface area (Å²) in [5.41, 5.74) is 0. The van der Waals surface area contributed by atoms with E-state index in [0.29, 0.717) is 0 Å². The maximum Gasteiger partial charge on any atom is 0.147 e. The van der Waals surface area contributed by atoms with Crippen LogP contribution in [0.1, 0.15) is 19.3 Å². The topological polar surface area (TPSA) is 29.0 Å². The molecule has 0 spiro atoms. The van der Waals surface area contributed by atoms with Crippen LogP contribution in [0.3, 0.4) is 0 Å². The Bertz CT molecular complexity index is 291. The molecule has 82 valence electrons. The van der Waals surface area contributed by atoms with Crippen LogP contribution in [-0.2, 0) is 0 Å². The summed E-state index contributed by atoms with van der Waals surface area (Å²) in [4.78, 5) is 10.8. The van der Waals surface area contributed by atoms with Crippen molar-refractivity contribution in [1.82, 2.24) is 9.97 Å². The van der Waals surface area contributed by atoms with Crippen LogP contribution >= 0.6 is 15.9 Å². The molecule has 0 radical (unpaired) electrons. The van der Waals surface area contributed by atoms with E-state index in [1.807, 2.05) is 6.20 Å². The van der Waals surface area contributed by atoms with Crippen LogP contribution in [0.2, 0.25) is 0 Å². The van der Waals surface area contributed by atoms with Crippen LogP contribution < -0.4 is 4.90 Å². The van der Waals surface area contributed by atoms with Gasteiger partial charge in [-0.3, -0.25) is 4.98 Å². The third-order valence-electron chi connectivity index (χ3n) is 2.94. The maximum atomic E-state index is 4.35. The van der Waals surface area contributed by atoms with Crippen LogP contribution in [0.4, 0.5) is 5.82 Å². The molecule has 1 saturated heterocycles. The highest BCUT2D eigenvalue weighted by atomic mass is 79.9. The summed E-state index contributed by atoms with van der Waals surface area (Å²) in [6.45, 7) is 2.22. The number of aromatic nitrogens is 2. The Hall–Kier alpha value is -0.640. The van der Waals surface area contributed by atoms with E-state index in [1.165, 1.54) is 19.3 Å². The summed E-state index contributed by atoms with van der Waals surface area (Å²) in [7, 11) is 0. The fraction of sp³-hybridized carbons (Fsp3) is 0.636. The van der Waals surface area contributed by atoms with Gasteiger partial charge in [0.2, 0.25) is 0 Å². The maximum absolute atomic E-state index is 4.35. The summed E-state index contributed by atoms with van der Waals surface area (Å²) in [6, 6.07) is 0. The van der Waals surface area contributed by atoms with Crippen molar-refractivity contribution >= 4 is 21.7 Å². The van der Waals surface area contributed by atoms with Crippen molar-refractivity contribution in [3.8, 4) is 0 Å². The molecule has 0 N–H and O–H groups in total. The Morgan fingerprint density at radius 2 is 2.27 bits per heavy atom. The predicted molar refractivity (Wildman–Crippen MR) is 65.4 cm³/mol. The molecule has 0 aliphatic carbocycles. The quantitative estimate of drug-likeness (QED) is 0.773. The molecule has 1 unspecified atom stereocenters. The first-order valence-corrected chi connectivity index (χ1v) is 6.59. The third kappa shape index (κ3) is 2.91. The molecule has 2 rings (SSSR count). The van der Waals surface area contributed by atoms with E-state index in [-0.39, 0.29) is 0 Å². The SMILES string of the molecule is BrCC1CCCN(c2cnccn2)CC1. The Morgan fingerprint density at radius 1 is 1.33 bits per heavy atom. The zero-order valence-corrected chi connectivity index (χ0v) is 10.4. The van der Waals surface area contributed by atoms with Gasteiger partial charge in [-0.05, 0) is 25.2 Å². The Kier molecular flexibility index (Phi) is 3.94. The normalized spacial score (nSPS) is 22.5. The van der Waals surface area contributed by atoms with E-state index in [9.17, 15) is 0 Å². The van der Waals surface area contributed by atoms with Crippen LogP contribution in [-0.4, -0.2) is 28.4 Å². The number of halogens is 1. The Balaban J connectivity index is 2.00. The zero-order valence-electron chi connectivity index (χ0n) is 8.77. The highest BCUT2D eigenvalue weighted by Crippen LogP contribution is 2.21. The van der Waals surface area contributed by atoms with Crippen LogP contribution in [0.15, 0.2) is 18.6 Å². The molecule has 1 atom stereocenters. The molecule has 0 amide bonds. The number of alkyl halides is 1. The average molecular weight is 270 g/mol. The van der Waals surface area contributed by atoms with Crippen molar-refractivity contribution in [3.05, 3.63) is 18.6 Å². The molecule has 1 aliphatic heterocycles. The van der Waals surface area contributed by atoms with Crippen molar-refractivity contribution < 1.29 is 0 Å². The summed E-state index contributed by atoms with van der Waals surface area (Å²) in [5.74, 6) is 1.85. The molecule has 4 heteroatoms. The standard InChI is InChI=1S/C11H16BrN3/c12-8-10-2-1-6-15(7-3-10)11-9-13-4-5-14-11/h4-5,9-10H,1-3,6-8H2. The number of hydrogen-bond donors (Lipinski definition) is 0. The van der Waals surface area contributed by atoms with Gasteiger partial charge in [-0.1, -0.05) is 15.9 Å². The largest absolute Gasteiger partial charge is 0.355 e. The fourth-order valence-corrected chi connectivity index (χ4v) is 2.65. The van der Waals surface area contributed by atoms with Gasteiger partial charge in [0, 0.05) is 30.8 Å². The molecule has 3 nitrogen and oxygen atoms in total. The summed E-state index contributed by atoms with van der Waals surface area (Å²) in [5, 5.41) is 1.13. The monoisotopic (exact) mass is 269 g/mol. The molecular formula is C11H16BrN3. The molecule has 1 aromatic rings. The lowest BCUT2D eigenvalue weighted by molar-refractivity contribution is 0.533. The minimum atomic E-state index is 0.826. The van der Waals surface area contributed by atoms with Crippen molar-refractivity contribution in [1.29, 1.82) is 0 Å². The van der Waals surface area contributed by atoms with Gasteiger partial charge in [-0.15, -0.1) is 0 Å². The number of nitrogens with zero attached hydrogens (tertiary/aromatic N) is 3. The summed E-state index contributed by atoms with van der Waals surface area (Å²) >= 11 is 3.58. The highest BCUT2D eigenvalue weighted by Gasteiger charge is 2.16. The van der Waals surface area contributed by atoms with Gasteiger partial charge in [0.1, 0.15) is 5.82 Å².